The van der Waals surface area contributed by atoms with E-state index in [9.17, 15) is 4.39 Å². The van der Waals surface area contributed by atoms with E-state index >= 15 is 0 Å². The van der Waals surface area contributed by atoms with Crippen molar-refractivity contribution in [2.75, 3.05) is 0 Å². The lowest BCUT2D eigenvalue weighted by atomic mass is 9.72. The van der Waals surface area contributed by atoms with Gasteiger partial charge < -0.3 is 5.73 Å². The minimum Gasteiger partial charge on any atom is -0.325 e. The highest BCUT2D eigenvalue weighted by molar-refractivity contribution is 4.86. The van der Waals surface area contributed by atoms with E-state index in [4.69, 9.17) is 5.73 Å². The Hall–Kier alpha value is -0.110. The first-order valence-corrected chi connectivity index (χ1v) is 14.2. The van der Waals surface area contributed by atoms with Gasteiger partial charge in [0, 0.05) is 6.04 Å². The van der Waals surface area contributed by atoms with Crippen LogP contribution in [0.15, 0.2) is 0 Å². The molecule has 0 saturated heterocycles. The number of hydrogen-bond acceptors (Lipinski definition) is 1. The summed E-state index contributed by atoms with van der Waals surface area (Å²) in [6, 6.07) is -0.171. The highest BCUT2D eigenvalue weighted by Gasteiger charge is 2.32. The van der Waals surface area contributed by atoms with Crippen LogP contribution in [0.4, 0.5) is 4.39 Å². The maximum atomic E-state index is 13.5. The van der Waals surface area contributed by atoms with Crippen LogP contribution in [-0.4, -0.2) is 12.2 Å². The van der Waals surface area contributed by atoms with Gasteiger partial charge in [-0.25, -0.2) is 4.39 Å². The number of rotatable bonds is 1. The lowest BCUT2D eigenvalue weighted by Gasteiger charge is -2.36. The molecule has 0 heterocycles. The highest BCUT2D eigenvalue weighted by Crippen LogP contribution is 2.38. The molecule has 0 bridgehead atoms. The molecule has 178 valence electrons. The fraction of sp³-hybridized carbons (Fsp3) is 1.00. The third-order valence-electron chi connectivity index (χ3n) is 8.18. The summed E-state index contributed by atoms with van der Waals surface area (Å²) in [5.74, 6) is 1.46. The molecule has 0 aromatic heterocycles. The van der Waals surface area contributed by atoms with Crippen molar-refractivity contribution in [3.05, 3.63) is 0 Å². The topological polar surface area (TPSA) is 26.0 Å². The van der Waals surface area contributed by atoms with Gasteiger partial charge in [-0.1, -0.05) is 135 Å². The molecule has 0 amide bonds. The molecule has 30 heavy (non-hydrogen) atoms. The van der Waals surface area contributed by atoms with Crippen LogP contribution in [0, 0.1) is 11.8 Å². The second-order valence-electron chi connectivity index (χ2n) is 10.8. The van der Waals surface area contributed by atoms with Gasteiger partial charge in [0.25, 0.3) is 0 Å². The van der Waals surface area contributed by atoms with Crippen molar-refractivity contribution < 1.29 is 4.39 Å². The first-order valence-electron chi connectivity index (χ1n) is 14.2. The predicted molar refractivity (Wildman–Crippen MR) is 131 cm³/mol. The first-order chi connectivity index (χ1) is 14.8. The van der Waals surface area contributed by atoms with Crippen molar-refractivity contribution in [1.82, 2.24) is 0 Å². The maximum Gasteiger partial charge on any atom is 0.115 e. The average Bonchev–Trinajstić information content (AvgIpc) is 2.71. The SMILES string of the molecule is C1CCCCCCC1.C1CCCCCCC1.NC1CCC(C2CCCCC2)CC1F. The molecule has 4 aliphatic rings. The molecule has 4 fully saturated rings. The van der Waals surface area contributed by atoms with Gasteiger partial charge in [0.15, 0.2) is 0 Å². The number of alkyl halides is 1. The Morgan fingerprint density at radius 1 is 0.400 bits per heavy atom. The Labute approximate surface area is 188 Å². The van der Waals surface area contributed by atoms with E-state index in [1.807, 2.05) is 0 Å². The molecule has 4 rings (SSSR count). The molecule has 1 nitrogen and oxygen atoms in total. The normalized spacial score (nSPS) is 32.0. The van der Waals surface area contributed by atoms with Gasteiger partial charge in [-0.05, 0) is 31.1 Å². The van der Waals surface area contributed by atoms with E-state index in [-0.39, 0.29) is 6.04 Å². The summed E-state index contributed by atoms with van der Waals surface area (Å²) in [5.41, 5.74) is 5.70. The number of halogens is 1. The second-order valence-corrected chi connectivity index (χ2v) is 10.8. The molecule has 0 radical (unpaired) electrons. The Morgan fingerprint density at radius 3 is 1.07 bits per heavy atom. The van der Waals surface area contributed by atoms with Crippen LogP contribution < -0.4 is 5.73 Å². The van der Waals surface area contributed by atoms with E-state index in [0.29, 0.717) is 5.92 Å². The molecule has 4 saturated carbocycles. The van der Waals surface area contributed by atoms with Crippen molar-refractivity contribution in [3.63, 3.8) is 0 Å². The lowest BCUT2D eigenvalue weighted by molar-refractivity contribution is 0.115. The molecule has 3 unspecified atom stereocenters. The summed E-state index contributed by atoms with van der Waals surface area (Å²) >= 11 is 0. The molecular formula is C28H54FN. The fourth-order valence-corrected chi connectivity index (χ4v) is 6.03. The van der Waals surface area contributed by atoms with Crippen LogP contribution in [0.5, 0.6) is 0 Å². The average molecular weight is 424 g/mol. The van der Waals surface area contributed by atoms with Crippen LogP contribution in [-0.2, 0) is 0 Å². The largest absolute Gasteiger partial charge is 0.325 e. The Balaban J connectivity index is 0.000000172. The van der Waals surface area contributed by atoms with E-state index in [1.165, 1.54) is 141 Å². The molecular weight excluding hydrogens is 369 g/mol. The van der Waals surface area contributed by atoms with Gasteiger partial charge in [0.2, 0.25) is 0 Å². The Morgan fingerprint density at radius 2 is 0.733 bits per heavy atom. The zero-order valence-electron chi connectivity index (χ0n) is 20.2. The Bertz CT molecular complexity index is 315. The van der Waals surface area contributed by atoms with Gasteiger partial charge in [-0.3, -0.25) is 0 Å². The zero-order chi connectivity index (χ0) is 21.3. The molecule has 2 N–H and O–H groups in total. The van der Waals surface area contributed by atoms with Gasteiger partial charge in [0.1, 0.15) is 6.17 Å². The highest BCUT2D eigenvalue weighted by atomic mass is 19.1. The van der Waals surface area contributed by atoms with E-state index < -0.39 is 6.17 Å². The third kappa shape index (κ3) is 12.1. The van der Waals surface area contributed by atoms with Crippen LogP contribution in [0.3, 0.4) is 0 Å². The van der Waals surface area contributed by atoms with Crippen molar-refractivity contribution in [3.8, 4) is 0 Å². The fourth-order valence-electron chi connectivity index (χ4n) is 6.03. The summed E-state index contributed by atoms with van der Waals surface area (Å²) in [7, 11) is 0. The predicted octanol–water partition coefficient (Wildman–Crippen LogP) is 9.27. The van der Waals surface area contributed by atoms with Crippen molar-refractivity contribution in [1.29, 1.82) is 0 Å². The smallest absolute Gasteiger partial charge is 0.115 e. The van der Waals surface area contributed by atoms with Crippen molar-refractivity contribution in [2.24, 2.45) is 17.6 Å². The summed E-state index contributed by atoms with van der Waals surface area (Å²) in [4.78, 5) is 0. The molecule has 0 aliphatic heterocycles. The van der Waals surface area contributed by atoms with Gasteiger partial charge >= 0.3 is 0 Å². The summed E-state index contributed by atoms with van der Waals surface area (Å²) in [6.07, 6.45) is 32.9. The van der Waals surface area contributed by atoms with Crippen LogP contribution in [0.2, 0.25) is 0 Å². The minimum atomic E-state index is -0.726. The molecule has 4 aliphatic carbocycles. The summed E-state index contributed by atoms with van der Waals surface area (Å²) in [6.45, 7) is 0. The van der Waals surface area contributed by atoms with Crippen LogP contribution in [0.25, 0.3) is 0 Å². The summed E-state index contributed by atoms with van der Waals surface area (Å²) in [5, 5.41) is 0. The second kappa shape index (κ2) is 17.4. The Kier molecular flexibility index (Phi) is 15.2. The summed E-state index contributed by atoms with van der Waals surface area (Å²) < 4.78 is 13.5. The monoisotopic (exact) mass is 423 g/mol. The van der Waals surface area contributed by atoms with Crippen molar-refractivity contribution >= 4 is 0 Å². The van der Waals surface area contributed by atoms with E-state index in [0.717, 1.165) is 18.8 Å². The molecule has 3 atom stereocenters. The van der Waals surface area contributed by atoms with E-state index in [1.54, 1.807) is 0 Å². The first kappa shape index (κ1) is 26.1. The van der Waals surface area contributed by atoms with Crippen molar-refractivity contribution in [2.45, 2.75) is 166 Å². The third-order valence-corrected chi connectivity index (χ3v) is 8.18. The van der Waals surface area contributed by atoms with Gasteiger partial charge in [-0.2, -0.15) is 0 Å². The molecule has 0 spiro atoms. The van der Waals surface area contributed by atoms with Gasteiger partial charge in [0.05, 0.1) is 0 Å². The molecule has 0 aromatic carbocycles. The standard InChI is InChI=1S/C12H22FN.2C8H16/c13-11-8-10(6-7-12(11)14)9-4-2-1-3-5-9;2*1-2-4-6-8-7-5-3-1/h9-12H,1-8,14H2;2*1-8H2. The minimum absolute atomic E-state index is 0.171. The number of nitrogens with two attached hydrogens (primary N) is 1. The lowest BCUT2D eigenvalue weighted by Crippen LogP contribution is -2.39. The molecule has 0 aromatic rings. The number of hydrogen-bond donors (Lipinski definition) is 1. The van der Waals surface area contributed by atoms with Crippen LogP contribution in [0.1, 0.15) is 154 Å². The van der Waals surface area contributed by atoms with Gasteiger partial charge in [-0.15, -0.1) is 0 Å². The van der Waals surface area contributed by atoms with E-state index in [2.05, 4.69) is 0 Å². The molecule has 2 heteroatoms. The van der Waals surface area contributed by atoms with Crippen LogP contribution >= 0.6 is 0 Å². The quantitative estimate of drug-likeness (QED) is 0.446. The zero-order valence-corrected chi connectivity index (χ0v) is 20.2. The maximum absolute atomic E-state index is 13.5.